The number of Topliss-reactive ketones (excluding diaryl/α,β-unsaturated/α-hetero) is 1. The van der Waals surface area contributed by atoms with E-state index in [0.717, 1.165) is 0 Å². The van der Waals surface area contributed by atoms with E-state index < -0.39 is 18.1 Å². The molecule has 0 N–H and O–H groups in total. The van der Waals surface area contributed by atoms with Crippen LogP contribution in [0.5, 0.6) is 0 Å². The molecule has 1 heterocycles. The maximum absolute atomic E-state index is 12.7. The Morgan fingerprint density at radius 1 is 1.47 bits per heavy atom. The van der Waals surface area contributed by atoms with E-state index in [2.05, 4.69) is 0 Å². The van der Waals surface area contributed by atoms with E-state index in [9.17, 15) is 18.0 Å². The first-order chi connectivity index (χ1) is 6.91. The first-order valence-electron chi connectivity index (χ1n) is 4.70. The number of alkyl halides is 3. The number of hydrogen-bond acceptors (Lipinski definition) is 2. The van der Waals surface area contributed by atoms with Gasteiger partial charge in [0.25, 0.3) is 0 Å². The van der Waals surface area contributed by atoms with E-state index in [-0.39, 0.29) is 23.4 Å². The average Bonchev–Trinajstić information content (AvgIpc) is 2.41. The zero-order valence-electron chi connectivity index (χ0n) is 8.14. The van der Waals surface area contributed by atoms with Gasteiger partial charge in [0.05, 0.1) is 5.70 Å². The van der Waals surface area contributed by atoms with Gasteiger partial charge in [0, 0.05) is 12.5 Å². The van der Waals surface area contributed by atoms with Crippen LogP contribution in [0.4, 0.5) is 13.2 Å². The van der Waals surface area contributed by atoms with Crippen LogP contribution in [0, 0.1) is 0 Å². The van der Waals surface area contributed by atoms with Gasteiger partial charge in [-0.2, -0.15) is 13.2 Å². The second-order valence-electron chi connectivity index (χ2n) is 3.79. The molecule has 1 aliphatic heterocycles. The number of carbonyl (C=O) groups excluding carboxylic acids is 1. The molecule has 1 atom stereocenters. The molecule has 1 unspecified atom stereocenters. The van der Waals surface area contributed by atoms with Crippen LogP contribution in [-0.4, -0.2) is 23.0 Å². The summed E-state index contributed by atoms with van der Waals surface area (Å²) in [7, 11) is 0. The van der Waals surface area contributed by atoms with E-state index in [4.69, 9.17) is 0 Å². The van der Waals surface area contributed by atoms with Crippen LogP contribution in [0.3, 0.4) is 0 Å². The van der Waals surface area contributed by atoms with Gasteiger partial charge in [-0.25, -0.2) is 0 Å². The van der Waals surface area contributed by atoms with Crippen molar-refractivity contribution in [1.82, 2.24) is 4.90 Å². The highest BCUT2D eigenvalue weighted by Crippen LogP contribution is 2.40. The highest BCUT2D eigenvalue weighted by atomic mass is 19.4. The second-order valence-corrected chi connectivity index (χ2v) is 3.79. The summed E-state index contributed by atoms with van der Waals surface area (Å²) >= 11 is 0. The van der Waals surface area contributed by atoms with Crippen LogP contribution >= 0.6 is 0 Å². The molecular weight excluding hydrogens is 207 g/mol. The Hall–Kier alpha value is -1.26. The van der Waals surface area contributed by atoms with Crippen LogP contribution in [0.15, 0.2) is 23.4 Å². The van der Waals surface area contributed by atoms with Crippen molar-refractivity contribution in [2.24, 2.45) is 0 Å². The predicted octanol–water partition coefficient (Wildman–Crippen LogP) is 2.38. The molecule has 0 radical (unpaired) electrons. The Kier molecular flexibility index (Phi) is 2.13. The summed E-state index contributed by atoms with van der Waals surface area (Å²) < 4.78 is 38.0. The standard InChI is InChI=1S/C10H10F3NO/c1-6-5-7-3-2-4-8(15)9(7)14(6)10(11,12)13/h2-3,6H,4-5H2,1H3. The quantitative estimate of drug-likeness (QED) is 0.580. The van der Waals surface area contributed by atoms with Gasteiger partial charge in [-0.15, -0.1) is 0 Å². The topological polar surface area (TPSA) is 20.3 Å². The molecular formula is C10H10F3NO. The van der Waals surface area contributed by atoms with E-state index in [1.165, 1.54) is 6.92 Å². The summed E-state index contributed by atoms with van der Waals surface area (Å²) in [6.07, 6.45) is -0.862. The van der Waals surface area contributed by atoms with Gasteiger partial charge in [-0.3, -0.25) is 9.69 Å². The maximum atomic E-state index is 12.7. The number of carbonyl (C=O) groups is 1. The smallest absolute Gasteiger partial charge is 0.292 e. The van der Waals surface area contributed by atoms with Crippen molar-refractivity contribution in [1.29, 1.82) is 0 Å². The molecule has 0 aromatic rings. The lowest BCUT2D eigenvalue weighted by Crippen LogP contribution is -2.42. The summed E-state index contributed by atoms with van der Waals surface area (Å²) in [5.41, 5.74) is 0.355. The zero-order valence-corrected chi connectivity index (χ0v) is 8.14. The lowest BCUT2D eigenvalue weighted by Gasteiger charge is -2.28. The summed E-state index contributed by atoms with van der Waals surface area (Å²) in [5.74, 6) is -0.436. The van der Waals surface area contributed by atoms with Gasteiger partial charge in [-0.05, 0) is 18.9 Å². The molecule has 2 rings (SSSR count). The summed E-state index contributed by atoms with van der Waals surface area (Å²) in [5, 5.41) is 0. The first-order valence-corrected chi connectivity index (χ1v) is 4.70. The van der Waals surface area contributed by atoms with Gasteiger partial charge in [0.15, 0.2) is 5.78 Å². The third-order valence-corrected chi connectivity index (χ3v) is 2.66. The summed E-state index contributed by atoms with van der Waals surface area (Å²) in [6, 6.07) is -0.679. The molecule has 0 saturated carbocycles. The summed E-state index contributed by atoms with van der Waals surface area (Å²) in [6.45, 7) is 1.48. The monoisotopic (exact) mass is 217 g/mol. The number of halogens is 3. The van der Waals surface area contributed by atoms with E-state index in [0.29, 0.717) is 5.57 Å². The highest BCUT2D eigenvalue weighted by Gasteiger charge is 2.48. The number of nitrogens with zero attached hydrogens (tertiary/aromatic N) is 1. The Bertz CT molecular complexity index is 367. The minimum atomic E-state index is -4.46. The van der Waals surface area contributed by atoms with E-state index in [1.54, 1.807) is 12.2 Å². The Morgan fingerprint density at radius 3 is 2.73 bits per heavy atom. The molecule has 0 bridgehead atoms. The van der Waals surface area contributed by atoms with Crippen molar-refractivity contribution < 1.29 is 18.0 Å². The van der Waals surface area contributed by atoms with Crippen molar-refractivity contribution in [2.45, 2.75) is 32.1 Å². The third-order valence-electron chi connectivity index (χ3n) is 2.66. The van der Waals surface area contributed by atoms with Crippen molar-refractivity contribution in [3.63, 3.8) is 0 Å². The Balaban J connectivity index is 2.43. The largest absolute Gasteiger partial charge is 0.485 e. The Morgan fingerprint density at radius 2 is 2.13 bits per heavy atom. The van der Waals surface area contributed by atoms with Crippen molar-refractivity contribution in [3.05, 3.63) is 23.4 Å². The number of ketones is 1. The van der Waals surface area contributed by atoms with Crippen LogP contribution < -0.4 is 0 Å². The lowest BCUT2D eigenvalue weighted by atomic mass is 10.0. The zero-order chi connectivity index (χ0) is 11.2. The molecule has 1 aliphatic carbocycles. The molecule has 0 amide bonds. The molecule has 0 aromatic heterocycles. The minimum absolute atomic E-state index is 0.0676. The lowest BCUT2D eigenvalue weighted by molar-refractivity contribution is -0.239. The van der Waals surface area contributed by atoms with Gasteiger partial charge < -0.3 is 0 Å². The number of allylic oxidation sites excluding steroid dienone is 3. The number of hydrogen-bond donors (Lipinski definition) is 0. The SMILES string of the molecule is CC1CC2=C(C(=O)CC=C2)N1C(F)(F)F. The van der Waals surface area contributed by atoms with Crippen molar-refractivity contribution in [2.75, 3.05) is 0 Å². The van der Waals surface area contributed by atoms with Crippen molar-refractivity contribution >= 4 is 5.78 Å². The molecule has 2 aliphatic rings. The fraction of sp³-hybridized carbons (Fsp3) is 0.500. The molecule has 82 valence electrons. The maximum Gasteiger partial charge on any atom is 0.485 e. The predicted molar refractivity (Wildman–Crippen MR) is 47.8 cm³/mol. The molecule has 5 heteroatoms. The highest BCUT2D eigenvalue weighted by molar-refractivity contribution is 5.98. The molecule has 0 spiro atoms. The fourth-order valence-electron chi connectivity index (χ4n) is 2.12. The van der Waals surface area contributed by atoms with Gasteiger partial charge in [0.2, 0.25) is 0 Å². The molecule has 0 fully saturated rings. The Labute approximate surface area is 85.1 Å². The van der Waals surface area contributed by atoms with Crippen LogP contribution in [-0.2, 0) is 4.79 Å². The van der Waals surface area contributed by atoms with Crippen LogP contribution in [0.2, 0.25) is 0 Å². The normalized spacial score (nSPS) is 26.3. The average molecular weight is 217 g/mol. The second kappa shape index (κ2) is 3.12. The van der Waals surface area contributed by atoms with Gasteiger partial charge >= 0.3 is 6.30 Å². The molecule has 0 saturated heterocycles. The number of rotatable bonds is 0. The third kappa shape index (κ3) is 1.56. The van der Waals surface area contributed by atoms with E-state index >= 15 is 0 Å². The summed E-state index contributed by atoms with van der Waals surface area (Å²) in [4.78, 5) is 11.7. The van der Waals surface area contributed by atoms with Gasteiger partial charge in [0.1, 0.15) is 0 Å². The van der Waals surface area contributed by atoms with Crippen LogP contribution in [0.1, 0.15) is 19.8 Å². The van der Waals surface area contributed by atoms with Crippen molar-refractivity contribution in [3.8, 4) is 0 Å². The molecule has 2 nitrogen and oxygen atoms in total. The molecule has 0 aromatic carbocycles. The fourth-order valence-corrected chi connectivity index (χ4v) is 2.12. The van der Waals surface area contributed by atoms with Crippen LogP contribution in [0.25, 0.3) is 0 Å². The van der Waals surface area contributed by atoms with Gasteiger partial charge in [-0.1, -0.05) is 12.2 Å². The van der Waals surface area contributed by atoms with E-state index in [1.807, 2.05) is 0 Å². The molecule has 15 heavy (non-hydrogen) atoms. The minimum Gasteiger partial charge on any atom is -0.292 e. The first kappa shape index (κ1) is 10.3.